The minimum absolute atomic E-state index is 0.294. The van der Waals surface area contributed by atoms with E-state index >= 15 is 0 Å². The highest BCUT2D eigenvalue weighted by Crippen LogP contribution is 2.28. The lowest BCUT2D eigenvalue weighted by molar-refractivity contribution is 0.0656. The van der Waals surface area contributed by atoms with Crippen molar-refractivity contribution >= 4 is 16.0 Å². The average Bonchev–Trinajstić information content (AvgIpc) is 2.89. The molecule has 0 bridgehead atoms. The summed E-state index contributed by atoms with van der Waals surface area (Å²) in [5.74, 6) is -0.555. The molecule has 0 amide bonds. The molecule has 1 N–H and O–H groups in total. The third-order valence-electron chi connectivity index (χ3n) is 3.83. The number of carboxylic acid groups (broad SMARTS) is 1. The minimum Gasteiger partial charge on any atom is -0.475 e. The quantitative estimate of drug-likeness (QED) is 0.919. The number of hydrogen-bond donors (Lipinski definition) is 1. The topological polar surface area (TPSA) is 87.8 Å². The highest BCUT2D eigenvalue weighted by atomic mass is 32.2. The Morgan fingerprint density at radius 1 is 1.35 bits per heavy atom. The molecule has 2 rings (SSSR count). The van der Waals surface area contributed by atoms with Crippen molar-refractivity contribution in [3.05, 3.63) is 17.9 Å². The molecule has 0 atom stereocenters. The molecule has 1 aliphatic heterocycles. The van der Waals surface area contributed by atoms with Gasteiger partial charge in [0.25, 0.3) is 10.0 Å². The number of furan rings is 1. The van der Waals surface area contributed by atoms with E-state index in [4.69, 9.17) is 9.52 Å². The van der Waals surface area contributed by atoms with Gasteiger partial charge in [0.05, 0.1) is 0 Å². The molecular formula is C13H19NO5S. The molecule has 0 saturated carbocycles. The zero-order chi connectivity index (χ0) is 14.9. The SMILES string of the molecule is CC(C)C1CCN(S(=O)(=O)c2ccc(C(=O)O)o2)CC1. The second kappa shape index (κ2) is 5.57. The van der Waals surface area contributed by atoms with Crippen LogP contribution >= 0.6 is 0 Å². The van der Waals surface area contributed by atoms with Gasteiger partial charge in [0.15, 0.2) is 0 Å². The molecule has 0 radical (unpaired) electrons. The number of sulfonamides is 1. The second-order valence-electron chi connectivity index (χ2n) is 5.41. The van der Waals surface area contributed by atoms with Crippen molar-refractivity contribution in [2.24, 2.45) is 11.8 Å². The standard InChI is InChI=1S/C13H19NO5S/c1-9(2)10-5-7-14(8-6-10)20(17,18)12-4-3-11(19-12)13(15)16/h3-4,9-10H,5-8H2,1-2H3,(H,15,16). The van der Waals surface area contributed by atoms with E-state index in [1.165, 1.54) is 10.4 Å². The summed E-state index contributed by atoms with van der Waals surface area (Å²) in [6, 6.07) is 2.36. The van der Waals surface area contributed by atoms with Crippen molar-refractivity contribution in [1.29, 1.82) is 0 Å². The van der Waals surface area contributed by atoms with Gasteiger partial charge in [0, 0.05) is 13.1 Å². The Morgan fingerprint density at radius 2 is 1.95 bits per heavy atom. The third kappa shape index (κ3) is 2.88. The van der Waals surface area contributed by atoms with Gasteiger partial charge in [-0.2, -0.15) is 4.31 Å². The molecule has 20 heavy (non-hydrogen) atoms. The van der Waals surface area contributed by atoms with Gasteiger partial charge in [-0.25, -0.2) is 13.2 Å². The van der Waals surface area contributed by atoms with E-state index in [-0.39, 0.29) is 10.9 Å². The Morgan fingerprint density at radius 3 is 2.40 bits per heavy atom. The van der Waals surface area contributed by atoms with E-state index in [1.807, 2.05) is 0 Å². The molecule has 1 saturated heterocycles. The fraction of sp³-hybridized carbons (Fsp3) is 0.615. The summed E-state index contributed by atoms with van der Waals surface area (Å²) in [6.07, 6.45) is 1.65. The summed E-state index contributed by atoms with van der Waals surface area (Å²) in [6.45, 7) is 5.18. The predicted octanol–water partition coefficient (Wildman–Crippen LogP) is 2.03. The van der Waals surface area contributed by atoms with Gasteiger partial charge < -0.3 is 9.52 Å². The van der Waals surface area contributed by atoms with Crippen LogP contribution in [-0.4, -0.2) is 36.9 Å². The Labute approximate surface area is 118 Å². The minimum atomic E-state index is -3.72. The first-order valence-corrected chi connectivity index (χ1v) is 8.09. The Balaban J connectivity index is 2.13. The van der Waals surface area contributed by atoms with Crippen molar-refractivity contribution in [3.63, 3.8) is 0 Å². The van der Waals surface area contributed by atoms with Crippen LogP contribution in [0.2, 0.25) is 0 Å². The van der Waals surface area contributed by atoms with Crippen LogP contribution in [0.3, 0.4) is 0 Å². The van der Waals surface area contributed by atoms with Crippen LogP contribution in [0.5, 0.6) is 0 Å². The second-order valence-corrected chi connectivity index (χ2v) is 7.28. The average molecular weight is 301 g/mol. The number of rotatable bonds is 4. The highest BCUT2D eigenvalue weighted by Gasteiger charge is 2.32. The van der Waals surface area contributed by atoms with Gasteiger partial charge in [-0.1, -0.05) is 13.8 Å². The van der Waals surface area contributed by atoms with Crippen molar-refractivity contribution in [2.45, 2.75) is 31.8 Å². The summed E-state index contributed by atoms with van der Waals surface area (Å²) in [5.41, 5.74) is 0. The lowest BCUT2D eigenvalue weighted by atomic mass is 9.87. The van der Waals surface area contributed by atoms with Crippen molar-refractivity contribution < 1.29 is 22.7 Å². The normalized spacial score (nSPS) is 18.6. The van der Waals surface area contributed by atoms with Gasteiger partial charge in [0.1, 0.15) is 0 Å². The fourth-order valence-electron chi connectivity index (χ4n) is 2.48. The van der Waals surface area contributed by atoms with Gasteiger partial charge >= 0.3 is 5.97 Å². The van der Waals surface area contributed by atoms with Crippen LogP contribution in [-0.2, 0) is 10.0 Å². The van der Waals surface area contributed by atoms with E-state index in [1.54, 1.807) is 0 Å². The lowest BCUT2D eigenvalue weighted by Crippen LogP contribution is -2.39. The molecular weight excluding hydrogens is 282 g/mol. The van der Waals surface area contributed by atoms with Crippen molar-refractivity contribution in [3.8, 4) is 0 Å². The van der Waals surface area contributed by atoms with E-state index < -0.39 is 16.0 Å². The Hall–Kier alpha value is -1.34. The maximum absolute atomic E-state index is 12.3. The van der Waals surface area contributed by atoms with E-state index in [9.17, 15) is 13.2 Å². The molecule has 0 spiro atoms. The largest absolute Gasteiger partial charge is 0.475 e. The molecule has 7 heteroatoms. The summed E-state index contributed by atoms with van der Waals surface area (Å²) in [5, 5.41) is 8.47. The van der Waals surface area contributed by atoms with E-state index in [0.29, 0.717) is 24.9 Å². The van der Waals surface area contributed by atoms with Gasteiger partial charge in [-0.15, -0.1) is 0 Å². The molecule has 6 nitrogen and oxygen atoms in total. The van der Waals surface area contributed by atoms with Gasteiger partial charge in [-0.3, -0.25) is 0 Å². The van der Waals surface area contributed by atoms with E-state index in [0.717, 1.165) is 18.9 Å². The molecule has 0 unspecified atom stereocenters. The molecule has 112 valence electrons. The van der Waals surface area contributed by atoms with Gasteiger partial charge in [0.2, 0.25) is 10.9 Å². The van der Waals surface area contributed by atoms with Crippen LogP contribution in [0.25, 0.3) is 0 Å². The highest BCUT2D eigenvalue weighted by molar-refractivity contribution is 7.89. The van der Waals surface area contributed by atoms with Gasteiger partial charge in [-0.05, 0) is 36.8 Å². The Bertz CT molecular complexity index is 582. The summed E-state index contributed by atoms with van der Waals surface area (Å²) in [7, 11) is -3.72. The zero-order valence-electron chi connectivity index (χ0n) is 11.6. The maximum atomic E-state index is 12.3. The molecule has 1 aromatic rings. The Kier molecular flexibility index (Phi) is 4.19. The smallest absolute Gasteiger partial charge is 0.371 e. The van der Waals surface area contributed by atoms with Crippen LogP contribution in [0.1, 0.15) is 37.2 Å². The predicted molar refractivity (Wildman–Crippen MR) is 72.0 cm³/mol. The lowest BCUT2D eigenvalue weighted by Gasteiger charge is -2.32. The first-order chi connectivity index (χ1) is 9.32. The molecule has 0 aliphatic carbocycles. The zero-order valence-corrected chi connectivity index (χ0v) is 12.4. The van der Waals surface area contributed by atoms with Crippen LogP contribution < -0.4 is 0 Å². The molecule has 2 heterocycles. The molecule has 1 aliphatic rings. The number of aromatic carboxylic acids is 1. The number of carboxylic acids is 1. The summed E-state index contributed by atoms with van der Waals surface area (Å²) < 4.78 is 31.0. The number of hydrogen-bond acceptors (Lipinski definition) is 4. The van der Waals surface area contributed by atoms with E-state index in [2.05, 4.69) is 13.8 Å². The van der Waals surface area contributed by atoms with Crippen molar-refractivity contribution in [1.82, 2.24) is 4.31 Å². The van der Waals surface area contributed by atoms with Crippen LogP contribution in [0.4, 0.5) is 0 Å². The van der Waals surface area contributed by atoms with Crippen molar-refractivity contribution in [2.75, 3.05) is 13.1 Å². The summed E-state index contributed by atoms with van der Waals surface area (Å²) in [4.78, 5) is 10.7. The first kappa shape index (κ1) is 15.1. The summed E-state index contributed by atoms with van der Waals surface area (Å²) >= 11 is 0. The van der Waals surface area contributed by atoms with Crippen LogP contribution in [0, 0.1) is 11.8 Å². The molecule has 1 aromatic heterocycles. The number of nitrogens with zero attached hydrogens (tertiary/aromatic N) is 1. The number of piperidine rings is 1. The number of carbonyl (C=O) groups is 1. The first-order valence-electron chi connectivity index (χ1n) is 6.65. The maximum Gasteiger partial charge on any atom is 0.371 e. The molecule has 0 aromatic carbocycles. The fourth-order valence-corrected chi connectivity index (χ4v) is 3.86. The third-order valence-corrected chi connectivity index (χ3v) is 5.60. The molecule has 1 fully saturated rings. The monoisotopic (exact) mass is 301 g/mol. The van der Waals surface area contributed by atoms with Crippen LogP contribution in [0.15, 0.2) is 21.6 Å².